The molecule has 1 fully saturated rings. The van der Waals surface area contributed by atoms with Crippen molar-refractivity contribution >= 4 is 23.7 Å². The molecular formula is C17H22N4O5. The first-order chi connectivity index (χ1) is 12.4. The molecule has 2 rings (SSSR count). The number of piperazine rings is 1. The van der Waals surface area contributed by atoms with Gasteiger partial charge in [0.1, 0.15) is 13.1 Å². The van der Waals surface area contributed by atoms with Gasteiger partial charge in [0, 0.05) is 25.2 Å². The Morgan fingerprint density at radius 1 is 1.19 bits per heavy atom. The van der Waals surface area contributed by atoms with Crippen LogP contribution in [0, 0.1) is 0 Å². The molecule has 0 bridgehead atoms. The van der Waals surface area contributed by atoms with Gasteiger partial charge in [-0.05, 0) is 18.1 Å². The van der Waals surface area contributed by atoms with Gasteiger partial charge in [-0.3, -0.25) is 19.2 Å². The van der Waals surface area contributed by atoms with Crippen LogP contribution < -0.4 is 11.1 Å². The third-order valence-electron chi connectivity index (χ3n) is 4.08. The average molecular weight is 362 g/mol. The first-order valence-electron chi connectivity index (χ1n) is 8.26. The van der Waals surface area contributed by atoms with Gasteiger partial charge >= 0.3 is 5.97 Å². The van der Waals surface area contributed by atoms with E-state index in [1.807, 2.05) is 0 Å². The van der Waals surface area contributed by atoms with E-state index in [0.717, 1.165) is 5.56 Å². The summed E-state index contributed by atoms with van der Waals surface area (Å²) in [5, 5.41) is 11.5. The van der Waals surface area contributed by atoms with Crippen molar-refractivity contribution in [1.29, 1.82) is 0 Å². The third kappa shape index (κ3) is 5.03. The van der Waals surface area contributed by atoms with E-state index in [0.29, 0.717) is 18.5 Å². The predicted molar refractivity (Wildman–Crippen MR) is 92.3 cm³/mol. The van der Waals surface area contributed by atoms with Crippen molar-refractivity contribution in [2.75, 3.05) is 39.3 Å². The van der Waals surface area contributed by atoms with E-state index in [-0.39, 0.29) is 50.4 Å². The summed E-state index contributed by atoms with van der Waals surface area (Å²) in [6.45, 7) is 0.208. The first-order valence-corrected chi connectivity index (χ1v) is 8.26. The van der Waals surface area contributed by atoms with E-state index in [4.69, 9.17) is 10.8 Å². The van der Waals surface area contributed by atoms with Crippen molar-refractivity contribution < 1.29 is 24.3 Å². The van der Waals surface area contributed by atoms with E-state index >= 15 is 0 Å². The second-order valence-electron chi connectivity index (χ2n) is 5.90. The molecule has 140 valence electrons. The van der Waals surface area contributed by atoms with Crippen LogP contribution in [0.3, 0.4) is 0 Å². The van der Waals surface area contributed by atoms with Crippen molar-refractivity contribution in [2.45, 2.75) is 6.42 Å². The number of hydrogen-bond acceptors (Lipinski definition) is 5. The standard InChI is InChI=1S/C17H22N4O5/c18-9-14(22)19-6-5-12-3-1-2-4-13(12)17(26)21-8-7-20(11-16(24)25)15(23)10-21/h1-4H,5-11,18H2,(H,19,22)(H,24,25). The topological polar surface area (TPSA) is 133 Å². The van der Waals surface area contributed by atoms with Gasteiger partial charge in [-0.25, -0.2) is 0 Å². The Hall–Kier alpha value is -2.94. The van der Waals surface area contributed by atoms with E-state index in [1.54, 1.807) is 24.3 Å². The van der Waals surface area contributed by atoms with Gasteiger partial charge in [-0.2, -0.15) is 0 Å². The molecule has 9 nitrogen and oxygen atoms in total. The Bertz CT molecular complexity index is 706. The number of rotatable bonds is 7. The highest BCUT2D eigenvalue weighted by molar-refractivity contribution is 5.98. The number of aliphatic carboxylic acids is 1. The maximum Gasteiger partial charge on any atom is 0.323 e. The number of carbonyl (C=O) groups is 4. The van der Waals surface area contributed by atoms with E-state index in [9.17, 15) is 19.2 Å². The molecule has 0 aromatic heterocycles. The number of carboxylic acid groups (broad SMARTS) is 1. The van der Waals surface area contributed by atoms with Crippen LogP contribution >= 0.6 is 0 Å². The van der Waals surface area contributed by atoms with Crippen LogP contribution in [0.2, 0.25) is 0 Å². The molecule has 0 unspecified atom stereocenters. The van der Waals surface area contributed by atoms with Gasteiger partial charge in [0.05, 0.1) is 6.54 Å². The average Bonchev–Trinajstić information content (AvgIpc) is 2.62. The molecule has 0 saturated carbocycles. The first kappa shape index (κ1) is 19.4. The second-order valence-corrected chi connectivity index (χ2v) is 5.90. The largest absolute Gasteiger partial charge is 0.480 e. The summed E-state index contributed by atoms with van der Waals surface area (Å²) in [5.41, 5.74) is 6.46. The molecular weight excluding hydrogens is 340 g/mol. The smallest absolute Gasteiger partial charge is 0.323 e. The van der Waals surface area contributed by atoms with Crippen LogP contribution in [0.5, 0.6) is 0 Å². The summed E-state index contributed by atoms with van der Waals surface area (Å²) in [5.74, 6) is -2.02. The molecule has 4 N–H and O–H groups in total. The number of hydrogen-bond donors (Lipinski definition) is 3. The quantitative estimate of drug-likeness (QED) is 0.551. The van der Waals surface area contributed by atoms with Crippen molar-refractivity contribution in [3.63, 3.8) is 0 Å². The molecule has 0 aliphatic carbocycles. The van der Waals surface area contributed by atoms with Crippen molar-refractivity contribution in [1.82, 2.24) is 15.1 Å². The lowest BCUT2D eigenvalue weighted by molar-refractivity contribution is -0.146. The fraction of sp³-hybridized carbons (Fsp3) is 0.412. The molecule has 1 aliphatic rings. The minimum Gasteiger partial charge on any atom is -0.480 e. The molecule has 1 aromatic carbocycles. The second kappa shape index (κ2) is 8.95. The molecule has 1 saturated heterocycles. The normalized spacial score (nSPS) is 14.3. The number of nitrogens with zero attached hydrogens (tertiary/aromatic N) is 2. The zero-order chi connectivity index (χ0) is 19.1. The van der Waals surface area contributed by atoms with E-state index in [2.05, 4.69) is 5.32 Å². The highest BCUT2D eigenvalue weighted by atomic mass is 16.4. The van der Waals surface area contributed by atoms with Crippen LogP contribution in [0.1, 0.15) is 15.9 Å². The third-order valence-corrected chi connectivity index (χ3v) is 4.08. The monoisotopic (exact) mass is 362 g/mol. The lowest BCUT2D eigenvalue weighted by Gasteiger charge is -2.33. The molecule has 0 spiro atoms. The maximum atomic E-state index is 12.8. The number of nitrogens with two attached hydrogens (primary N) is 1. The van der Waals surface area contributed by atoms with Crippen LogP contribution in [-0.4, -0.2) is 77.9 Å². The molecule has 1 heterocycles. The fourth-order valence-corrected chi connectivity index (χ4v) is 2.74. The van der Waals surface area contributed by atoms with Crippen molar-refractivity contribution in [2.24, 2.45) is 5.73 Å². The highest BCUT2D eigenvalue weighted by Crippen LogP contribution is 2.14. The molecule has 1 aliphatic heterocycles. The Morgan fingerprint density at radius 3 is 2.58 bits per heavy atom. The zero-order valence-electron chi connectivity index (χ0n) is 14.3. The molecule has 0 atom stereocenters. The maximum absolute atomic E-state index is 12.8. The van der Waals surface area contributed by atoms with Gasteiger partial charge in [0.25, 0.3) is 5.91 Å². The summed E-state index contributed by atoms with van der Waals surface area (Å²) in [7, 11) is 0. The minimum absolute atomic E-state index is 0.0939. The minimum atomic E-state index is -1.08. The predicted octanol–water partition coefficient (Wildman–Crippen LogP) is -1.33. The van der Waals surface area contributed by atoms with Gasteiger partial charge in [0.2, 0.25) is 11.8 Å². The van der Waals surface area contributed by atoms with Crippen LogP contribution in [0.4, 0.5) is 0 Å². The van der Waals surface area contributed by atoms with Crippen molar-refractivity contribution in [3.05, 3.63) is 35.4 Å². The number of carbonyl (C=O) groups excluding carboxylic acids is 3. The van der Waals surface area contributed by atoms with Gasteiger partial charge in [-0.1, -0.05) is 18.2 Å². The van der Waals surface area contributed by atoms with E-state index < -0.39 is 5.97 Å². The van der Waals surface area contributed by atoms with E-state index in [1.165, 1.54) is 9.80 Å². The highest BCUT2D eigenvalue weighted by Gasteiger charge is 2.29. The van der Waals surface area contributed by atoms with Gasteiger partial charge in [-0.15, -0.1) is 0 Å². The molecule has 9 heteroatoms. The molecule has 3 amide bonds. The number of amides is 3. The Labute approximate surface area is 150 Å². The lowest BCUT2D eigenvalue weighted by Crippen LogP contribution is -2.53. The Morgan fingerprint density at radius 2 is 1.92 bits per heavy atom. The molecule has 0 radical (unpaired) electrons. The fourth-order valence-electron chi connectivity index (χ4n) is 2.74. The van der Waals surface area contributed by atoms with Crippen molar-refractivity contribution in [3.8, 4) is 0 Å². The summed E-state index contributed by atoms with van der Waals surface area (Å²) < 4.78 is 0. The van der Waals surface area contributed by atoms with Gasteiger partial charge < -0.3 is 26.0 Å². The number of carboxylic acids is 1. The SMILES string of the molecule is NCC(=O)NCCc1ccccc1C(=O)N1CCN(CC(=O)O)C(=O)C1. The number of benzene rings is 1. The summed E-state index contributed by atoms with van der Waals surface area (Å²) in [4.78, 5) is 49.4. The lowest BCUT2D eigenvalue weighted by atomic mass is 10.0. The molecule has 26 heavy (non-hydrogen) atoms. The summed E-state index contributed by atoms with van der Waals surface area (Å²) >= 11 is 0. The Kier molecular flexibility index (Phi) is 6.67. The zero-order valence-corrected chi connectivity index (χ0v) is 14.3. The van der Waals surface area contributed by atoms with Crippen LogP contribution in [0.15, 0.2) is 24.3 Å². The van der Waals surface area contributed by atoms with Gasteiger partial charge in [0.15, 0.2) is 0 Å². The van der Waals surface area contributed by atoms with Crippen LogP contribution in [-0.2, 0) is 20.8 Å². The number of nitrogens with one attached hydrogen (secondary N) is 1. The molecule has 1 aromatic rings. The summed E-state index contributed by atoms with van der Waals surface area (Å²) in [6.07, 6.45) is 0.459. The Balaban J connectivity index is 2.02. The van der Waals surface area contributed by atoms with Crippen LogP contribution in [0.25, 0.3) is 0 Å². The summed E-state index contributed by atoms with van der Waals surface area (Å²) in [6, 6.07) is 7.01.